The molecule has 1 fully saturated rings. The second-order valence-electron chi connectivity index (χ2n) is 7.72. The van der Waals surface area contributed by atoms with Crippen molar-refractivity contribution in [3.63, 3.8) is 0 Å². The first-order valence-electron chi connectivity index (χ1n) is 10.5. The second kappa shape index (κ2) is 10.6. The van der Waals surface area contributed by atoms with E-state index in [0.29, 0.717) is 17.3 Å². The molecule has 0 atom stereocenters. The van der Waals surface area contributed by atoms with Gasteiger partial charge in [0.2, 0.25) is 0 Å². The van der Waals surface area contributed by atoms with Gasteiger partial charge in [-0.25, -0.2) is 4.68 Å². The van der Waals surface area contributed by atoms with Crippen LogP contribution in [0.4, 0.5) is 5.69 Å². The van der Waals surface area contributed by atoms with Gasteiger partial charge in [0.1, 0.15) is 0 Å². The van der Waals surface area contributed by atoms with Crippen molar-refractivity contribution >= 4 is 52.3 Å². The first-order chi connectivity index (χ1) is 15.9. The van der Waals surface area contributed by atoms with Gasteiger partial charge in [-0.2, -0.15) is 5.10 Å². The van der Waals surface area contributed by atoms with Crippen LogP contribution >= 0.6 is 34.8 Å². The Morgan fingerprint density at radius 3 is 2.36 bits per heavy atom. The van der Waals surface area contributed by atoms with E-state index < -0.39 is 5.91 Å². The summed E-state index contributed by atoms with van der Waals surface area (Å²) in [5.74, 6) is -0.877. The molecule has 172 valence electrons. The zero-order chi connectivity index (χ0) is 23.4. The summed E-state index contributed by atoms with van der Waals surface area (Å²) in [7, 11) is 0. The highest BCUT2D eigenvalue weighted by Gasteiger charge is 2.25. The summed E-state index contributed by atoms with van der Waals surface area (Å²) in [6.07, 6.45) is 3.14. The first-order valence-corrected chi connectivity index (χ1v) is 11.6. The van der Waals surface area contributed by atoms with Gasteiger partial charge in [0, 0.05) is 17.6 Å². The van der Waals surface area contributed by atoms with Crippen LogP contribution in [0.1, 0.15) is 39.3 Å². The molecule has 1 aliphatic heterocycles. The van der Waals surface area contributed by atoms with E-state index >= 15 is 0 Å². The smallest absolute Gasteiger partial charge is 0.281 e. The quantitative estimate of drug-likeness (QED) is 0.454. The van der Waals surface area contributed by atoms with Crippen molar-refractivity contribution in [2.45, 2.75) is 25.4 Å². The van der Waals surface area contributed by atoms with Gasteiger partial charge < -0.3 is 16.0 Å². The lowest BCUT2D eigenvalue weighted by Crippen LogP contribution is -2.43. The highest BCUT2D eigenvalue weighted by Crippen LogP contribution is 2.26. The predicted octanol–water partition coefficient (Wildman–Crippen LogP) is 4.63. The van der Waals surface area contributed by atoms with Crippen molar-refractivity contribution in [2.24, 2.45) is 0 Å². The zero-order valence-corrected chi connectivity index (χ0v) is 19.8. The fourth-order valence-corrected chi connectivity index (χ4v) is 4.30. The van der Waals surface area contributed by atoms with Gasteiger partial charge in [0.15, 0.2) is 5.69 Å². The number of nitrogens with one attached hydrogen (secondary N) is 3. The van der Waals surface area contributed by atoms with E-state index in [1.807, 2.05) is 12.1 Å². The minimum Gasteiger partial charge on any atom is -0.378 e. The number of amides is 1. The third kappa shape index (κ3) is 5.68. The molecule has 2 aromatic carbocycles. The number of hydrogen-bond donors (Lipinski definition) is 3. The van der Waals surface area contributed by atoms with Gasteiger partial charge in [-0.1, -0.05) is 53.0 Å². The predicted molar refractivity (Wildman–Crippen MR) is 131 cm³/mol. The molecule has 1 aliphatic rings. The van der Waals surface area contributed by atoms with Crippen molar-refractivity contribution in [1.29, 1.82) is 0 Å². The lowest BCUT2D eigenvalue weighted by Gasteiger charge is -2.23. The topological polar surface area (TPSA) is 88.1 Å². The summed E-state index contributed by atoms with van der Waals surface area (Å²) < 4.78 is 1.09. The number of carbonyl (C=O) groups excluding carboxylic acids is 2. The third-order valence-corrected chi connectivity index (χ3v) is 6.27. The van der Waals surface area contributed by atoms with Gasteiger partial charge in [0.25, 0.3) is 11.8 Å². The van der Waals surface area contributed by atoms with Crippen LogP contribution in [-0.2, 0) is 6.54 Å². The van der Waals surface area contributed by atoms with Crippen LogP contribution in [0.5, 0.6) is 0 Å². The molecule has 2 heterocycles. The van der Waals surface area contributed by atoms with Gasteiger partial charge in [-0.3, -0.25) is 9.59 Å². The van der Waals surface area contributed by atoms with Crippen molar-refractivity contribution < 1.29 is 9.59 Å². The van der Waals surface area contributed by atoms with Gasteiger partial charge in [-0.05, 0) is 55.8 Å². The molecule has 10 heteroatoms. The number of aromatic nitrogens is 2. The van der Waals surface area contributed by atoms with Crippen molar-refractivity contribution in [1.82, 2.24) is 20.4 Å². The summed E-state index contributed by atoms with van der Waals surface area (Å²) >= 11 is 18.4. The average Bonchev–Trinajstić information content (AvgIpc) is 3.24. The molecule has 1 aromatic heterocycles. The number of piperidine rings is 1. The van der Waals surface area contributed by atoms with Crippen molar-refractivity contribution in [3.8, 4) is 0 Å². The van der Waals surface area contributed by atoms with Crippen LogP contribution in [0.2, 0.25) is 15.1 Å². The molecule has 0 spiro atoms. The third-order valence-electron chi connectivity index (χ3n) is 5.38. The van der Waals surface area contributed by atoms with Crippen molar-refractivity contribution in [3.05, 3.63) is 80.6 Å². The van der Waals surface area contributed by atoms with Gasteiger partial charge >= 0.3 is 0 Å². The normalized spacial score (nSPS) is 14.2. The van der Waals surface area contributed by atoms with E-state index in [0.717, 1.165) is 36.2 Å². The molecule has 0 radical (unpaired) electrons. The Balaban J connectivity index is 1.62. The number of carbonyl (C=O) groups is 2. The molecular weight excluding hydrogens is 485 g/mol. The molecule has 0 bridgehead atoms. The van der Waals surface area contributed by atoms with E-state index in [1.54, 1.807) is 30.3 Å². The maximum absolute atomic E-state index is 13.1. The maximum atomic E-state index is 13.1. The Morgan fingerprint density at radius 1 is 1.03 bits per heavy atom. The molecule has 1 saturated heterocycles. The minimum atomic E-state index is -0.527. The minimum absolute atomic E-state index is 0.0433. The second-order valence-corrected chi connectivity index (χ2v) is 8.97. The van der Waals surface area contributed by atoms with Crippen molar-refractivity contribution in [2.75, 3.05) is 18.4 Å². The SMILES string of the molecule is O=C(NC1CCNCC1)c1nn(C(=O)c2c(Cl)cccc2Cl)cc1NCc1ccc(Cl)cc1. The number of rotatable bonds is 6. The standard InChI is InChI=1S/C23H22Cl3N5O2/c24-15-6-4-14(5-7-15)12-28-19-13-31(23(33)20-17(25)2-1-3-18(20)26)30-21(19)22(32)29-16-8-10-27-11-9-16/h1-7,13,16,27-28H,8-12H2,(H,29,32). The average molecular weight is 507 g/mol. The number of benzene rings is 2. The number of halogens is 3. The summed E-state index contributed by atoms with van der Waals surface area (Å²) in [6.45, 7) is 2.09. The Hall–Kier alpha value is -2.58. The molecule has 4 rings (SSSR count). The van der Waals surface area contributed by atoms with Crippen LogP contribution in [0.15, 0.2) is 48.7 Å². The van der Waals surface area contributed by atoms with E-state index in [-0.39, 0.29) is 33.3 Å². The fourth-order valence-electron chi connectivity index (χ4n) is 3.61. The Morgan fingerprint density at radius 2 is 1.70 bits per heavy atom. The first kappa shape index (κ1) is 23.6. The lowest BCUT2D eigenvalue weighted by molar-refractivity contribution is 0.0921. The molecule has 7 nitrogen and oxygen atoms in total. The monoisotopic (exact) mass is 505 g/mol. The van der Waals surface area contributed by atoms with Crippen LogP contribution in [-0.4, -0.2) is 40.7 Å². The highest BCUT2D eigenvalue weighted by molar-refractivity contribution is 6.39. The van der Waals surface area contributed by atoms with E-state index in [2.05, 4.69) is 21.0 Å². The molecular formula is C23H22Cl3N5O2. The molecule has 1 amide bonds. The Kier molecular flexibility index (Phi) is 7.55. The van der Waals surface area contributed by atoms with Gasteiger partial charge in [0.05, 0.1) is 27.5 Å². The summed E-state index contributed by atoms with van der Waals surface area (Å²) in [6, 6.07) is 12.2. The lowest BCUT2D eigenvalue weighted by atomic mass is 10.1. The molecule has 3 aromatic rings. The Labute approximate surface area is 206 Å². The number of anilines is 1. The van der Waals surface area contributed by atoms with Gasteiger partial charge in [-0.15, -0.1) is 0 Å². The molecule has 3 N–H and O–H groups in total. The highest BCUT2D eigenvalue weighted by atomic mass is 35.5. The number of hydrogen-bond acceptors (Lipinski definition) is 5. The van der Waals surface area contributed by atoms with Crippen LogP contribution in [0.25, 0.3) is 0 Å². The van der Waals surface area contributed by atoms with E-state index in [1.165, 1.54) is 6.20 Å². The van der Waals surface area contributed by atoms with Crippen LogP contribution in [0, 0.1) is 0 Å². The van der Waals surface area contributed by atoms with E-state index in [9.17, 15) is 9.59 Å². The maximum Gasteiger partial charge on any atom is 0.281 e. The fraction of sp³-hybridized carbons (Fsp3) is 0.261. The van der Waals surface area contributed by atoms with E-state index in [4.69, 9.17) is 34.8 Å². The summed E-state index contributed by atoms with van der Waals surface area (Å²) in [5.41, 5.74) is 1.63. The zero-order valence-electron chi connectivity index (χ0n) is 17.6. The van der Waals surface area contributed by atoms with Crippen LogP contribution < -0.4 is 16.0 Å². The Bertz CT molecular complexity index is 1140. The summed E-state index contributed by atoms with van der Waals surface area (Å²) in [5, 5.41) is 14.8. The molecule has 0 aliphatic carbocycles. The molecule has 33 heavy (non-hydrogen) atoms. The largest absolute Gasteiger partial charge is 0.378 e. The van der Waals surface area contributed by atoms with Crippen LogP contribution in [0.3, 0.4) is 0 Å². The molecule has 0 unspecified atom stereocenters. The summed E-state index contributed by atoms with van der Waals surface area (Å²) in [4.78, 5) is 26.2. The molecule has 0 saturated carbocycles. The number of nitrogens with zero attached hydrogens (tertiary/aromatic N) is 2.